The minimum Gasteiger partial charge on any atom is -0.495 e. The molecular formula is C20H26N4O4. The summed E-state index contributed by atoms with van der Waals surface area (Å²) in [7, 11) is 1.51. The SMILES string of the molecule is COc1ccc(NC(=O)c2c(C)cc(=O)n(CC(=O)NC(C)C)c2C)cc1N. The Labute approximate surface area is 163 Å². The number of benzene rings is 1. The van der Waals surface area contributed by atoms with Crippen molar-refractivity contribution in [3.63, 3.8) is 0 Å². The van der Waals surface area contributed by atoms with Gasteiger partial charge in [0.05, 0.1) is 18.4 Å². The summed E-state index contributed by atoms with van der Waals surface area (Å²) >= 11 is 0. The van der Waals surface area contributed by atoms with Crippen molar-refractivity contribution in [3.8, 4) is 5.75 Å². The molecule has 8 nitrogen and oxygen atoms in total. The van der Waals surface area contributed by atoms with Gasteiger partial charge in [-0.15, -0.1) is 0 Å². The lowest BCUT2D eigenvalue weighted by molar-refractivity contribution is -0.122. The molecule has 8 heteroatoms. The Balaban J connectivity index is 2.35. The van der Waals surface area contributed by atoms with Crippen molar-refractivity contribution in [3.05, 3.63) is 51.4 Å². The molecule has 28 heavy (non-hydrogen) atoms. The van der Waals surface area contributed by atoms with E-state index in [1.165, 1.54) is 17.7 Å². The quantitative estimate of drug-likeness (QED) is 0.655. The number of carbonyl (C=O) groups is 2. The standard InChI is InChI=1S/C20H26N4O4/c1-11(2)22-17(25)10-24-13(4)19(12(3)8-18(24)26)20(27)23-14-6-7-16(28-5)15(21)9-14/h6-9,11H,10,21H2,1-5H3,(H,22,25)(H,23,27). The topological polar surface area (TPSA) is 115 Å². The summed E-state index contributed by atoms with van der Waals surface area (Å²) in [5, 5.41) is 5.51. The number of amides is 2. The minimum absolute atomic E-state index is 0.0442. The zero-order chi connectivity index (χ0) is 21.0. The van der Waals surface area contributed by atoms with Crippen molar-refractivity contribution in [1.82, 2.24) is 9.88 Å². The van der Waals surface area contributed by atoms with Crippen molar-refractivity contribution in [2.75, 3.05) is 18.2 Å². The first-order valence-corrected chi connectivity index (χ1v) is 8.89. The largest absolute Gasteiger partial charge is 0.495 e. The van der Waals surface area contributed by atoms with Crippen LogP contribution < -0.4 is 26.7 Å². The predicted molar refractivity (Wildman–Crippen MR) is 109 cm³/mol. The zero-order valence-electron chi connectivity index (χ0n) is 16.8. The number of nitrogens with one attached hydrogen (secondary N) is 2. The number of hydrogen-bond donors (Lipinski definition) is 3. The molecule has 0 atom stereocenters. The normalized spacial score (nSPS) is 10.6. The number of hydrogen-bond acceptors (Lipinski definition) is 5. The van der Waals surface area contributed by atoms with Crippen LogP contribution >= 0.6 is 0 Å². The van der Waals surface area contributed by atoms with E-state index in [9.17, 15) is 14.4 Å². The number of pyridine rings is 1. The molecule has 1 aromatic heterocycles. The summed E-state index contributed by atoms with van der Waals surface area (Å²) in [6, 6.07) is 6.23. The molecule has 150 valence electrons. The highest BCUT2D eigenvalue weighted by atomic mass is 16.5. The van der Waals surface area contributed by atoms with Gasteiger partial charge in [0, 0.05) is 23.5 Å². The summed E-state index contributed by atoms with van der Waals surface area (Å²) in [4.78, 5) is 37.3. The van der Waals surface area contributed by atoms with Crippen molar-refractivity contribution >= 4 is 23.2 Å². The molecule has 0 saturated heterocycles. The maximum absolute atomic E-state index is 12.8. The number of nitrogens with two attached hydrogens (primary N) is 1. The Morgan fingerprint density at radius 3 is 2.46 bits per heavy atom. The van der Waals surface area contributed by atoms with Crippen molar-refractivity contribution in [2.24, 2.45) is 0 Å². The molecule has 1 heterocycles. The third kappa shape index (κ3) is 4.70. The third-order valence-electron chi connectivity index (χ3n) is 4.23. The smallest absolute Gasteiger partial charge is 0.257 e. The fourth-order valence-corrected chi connectivity index (χ4v) is 2.98. The van der Waals surface area contributed by atoms with Gasteiger partial charge in [0.2, 0.25) is 5.91 Å². The molecule has 2 rings (SSSR count). The maximum Gasteiger partial charge on any atom is 0.257 e. The first kappa shape index (κ1) is 21.0. The van der Waals surface area contributed by atoms with Crippen molar-refractivity contribution in [2.45, 2.75) is 40.3 Å². The maximum atomic E-state index is 12.8. The van der Waals surface area contributed by atoms with E-state index in [2.05, 4.69) is 10.6 Å². The van der Waals surface area contributed by atoms with Crippen LogP contribution in [0, 0.1) is 13.8 Å². The van der Waals surface area contributed by atoms with E-state index in [4.69, 9.17) is 10.5 Å². The van der Waals surface area contributed by atoms with E-state index >= 15 is 0 Å². The van der Waals surface area contributed by atoms with E-state index in [1.807, 2.05) is 13.8 Å². The van der Waals surface area contributed by atoms with E-state index in [0.717, 1.165) is 0 Å². The zero-order valence-corrected chi connectivity index (χ0v) is 16.8. The molecule has 4 N–H and O–H groups in total. The molecule has 2 aromatic rings. The fourth-order valence-electron chi connectivity index (χ4n) is 2.98. The monoisotopic (exact) mass is 386 g/mol. The highest BCUT2D eigenvalue weighted by molar-refractivity contribution is 6.06. The summed E-state index contributed by atoms with van der Waals surface area (Å²) < 4.78 is 6.40. The van der Waals surface area contributed by atoms with Crippen LogP contribution in [0.25, 0.3) is 0 Å². The number of aromatic nitrogens is 1. The number of carbonyl (C=O) groups excluding carboxylic acids is 2. The van der Waals surface area contributed by atoms with Gasteiger partial charge in [0.1, 0.15) is 12.3 Å². The number of rotatable bonds is 6. The van der Waals surface area contributed by atoms with Gasteiger partial charge in [0.25, 0.3) is 11.5 Å². The molecule has 0 aliphatic heterocycles. The van der Waals surface area contributed by atoms with Gasteiger partial charge in [-0.2, -0.15) is 0 Å². The molecule has 1 aromatic carbocycles. The van der Waals surface area contributed by atoms with Crippen LogP contribution in [0.15, 0.2) is 29.1 Å². The fraction of sp³-hybridized carbons (Fsp3) is 0.350. The molecule has 0 fully saturated rings. The number of methoxy groups -OCH3 is 1. The minimum atomic E-state index is -0.391. The number of anilines is 2. The van der Waals surface area contributed by atoms with Crippen LogP contribution in [-0.2, 0) is 11.3 Å². The Kier molecular flexibility index (Phi) is 6.45. The van der Waals surface area contributed by atoms with E-state index in [0.29, 0.717) is 33.9 Å². The van der Waals surface area contributed by atoms with Crippen LogP contribution in [0.2, 0.25) is 0 Å². The second-order valence-corrected chi connectivity index (χ2v) is 6.85. The summed E-state index contributed by atoms with van der Waals surface area (Å²) in [5.41, 5.74) is 7.72. The average molecular weight is 386 g/mol. The second kappa shape index (κ2) is 8.60. The van der Waals surface area contributed by atoms with Gasteiger partial charge >= 0.3 is 0 Å². The van der Waals surface area contributed by atoms with Crippen molar-refractivity contribution < 1.29 is 14.3 Å². The summed E-state index contributed by atoms with van der Waals surface area (Å²) in [5.74, 6) is -0.175. The second-order valence-electron chi connectivity index (χ2n) is 6.85. The van der Waals surface area contributed by atoms with Crippen LogP contribution in [0.1, 0.15) is 35.5 Å². The van der Waals surface area contributed by atoms with Crippen LogP contribution in [0.4, 0.5) is 11.4 Å². The summed E-state index contributed by atoms with van der Waals surface area (Å²) in [6.07, 6.45) is 0. The number of ether oxygens (including phenoxy) is 1. The molecule has 2 amide bonds. The Morgan fingerprint density at radius 1 is 1.21 bits per heavy atom. The lowest BCUT2D eigenvalue weighted by Crippen LogP contribution is -2.37. The molecule has 0 aliphatic carbocycles. The lowest BCUT2D eigenvalue weighted by Gasteiger charge is -2.17. The van der Waals surface area contributed by atoms with Crippen LogP contribution in [0.3, 0.4) is 0 Å². The van der Waals surface area contributed by atoms with E-state index < -0.39 is 5.91 Å². The first-order chi connectivity index (χ1) is 13.1. The molecule has 0 unspecified atom stereocenters. The molecule has 0 radical (unpaired) electrons. The van der Waals surface area contributed by atoms with Gasteiger partial charge in [-0.25, -0.2) is 0 Å². The van der Waals surface area contributed by atoms with E-state index in [-0.39, 0.29) is 24.1 Å². The van der Waals surface area contributed by atoms with Crippen LogP contribution in [-0.4, -0.2) is 29.5 Å². The number of aryl methyl sites for hydroxylation is 1. The molecule has 0 spiro atoms. The first-order valence-electron chi connectivity index (χ1n) is 8.89. The van der Waals surface area contributed by atoms with Gasteiger partial charge in [0.15, 0.2) is 0 Å². The van der Waals surface area contributed by atoms with Crippen LogP contribution in [0.5, 0.6) is 5.75 Å². The van der Waals surface area contributed by atoms with Crippen molar-refractivity contribution in [1.29, 1.82) is 0 Å². The Hall–Kier alpha value is -3.29. The van der Waals surface area contributed by atoms with Gasteiger partial charge < -0.3 is 25.7 Å². The third-order valence-corrected chi connectivity index (χ3v) is 4.23. The Bertz CT molecular complexity index is 963. The van der Waals surface area contributed by atoms with E-state index in [1.54, 1.807) is 32.0 Å². The molecule has 0 aliphatic rings. The van der Waals surface area contributed by atoms with Gasteiger partial charge in [-0.05, 0) is 51.5 Å². The Morgan fingerprint density at radius 2 is 1.89 bits per heavy atom. The molecule has 0 bridgehead atoms. The predicted octanol–water partition coefficient (Wildman–Crippen LogP) is 1.83. The highest BCUT2D eigenvalue weighted by Gasteiger charge is 2.19. The number of nitrogen functional groups attached to an aromatic ring is 1. The average Bonchev–Trinajstić information content (AvgIpc) is 2.58. The lowest BCUT2D eigenvalue weighted by atomic mass is 10.1. The molecule has 0 saturated carbocycles. The molecular weight excluding hydrogens is 360 g/mol. The number of nitrogens with zero attached hydrogens (tertiary/aromatic N) is 1. The highest BCUT2D eigenvalue weighted by Crippen LogP contribution is 2.25. The summed E-state index contributed by atoms with van der Waals surface area (Å²) in [6.45, 7) is 6.85. The van der Waals surface area contributed by atoms with Gasteiger partial charge in [-0.1, -0.05) is 0 Å². The van der Waals surface area contributed by atoms with Gasteiger partial charge in [-0.3, -0.25) is 14.4 Å².